The lowest BCUT2D eigenvalue weighted by Crippen LogP contribution is -2.48. The van der Waals surface area contributed by atoms with Gasteiger partial charge in [0, 0.05) is 6.54 Å². The van der Waals surface area contributed by atoms with Crippen LogP contribution in [0.1, 0.15) is 12.5 Å². The van der Waals surface area contributed by atoms with Crippen LogP contribution in [0.15, 0.2) is 66.7 Å². The molecule has 5 aromatic rings. The predicted molar refractivity (Wildman–Crippen MR) is 124 cm³/mol. The third-order valence-corrected chi connectivity index (χ3v) is 6.00. The van der Waals surface area contributed by atoms with Crippen molar-refractivity contribution >= 4 is 55.5 Å². The van der Waals surface area contributed by atoms with Gasteiger partial charge in [0.15, 0.2) is 0 Å². The summed E-state index contributed by atoms with van der Waals surface area (Å²) in [6.45, 7) is 2.18. The van der Waals surface area contributed by atoms with Gasteiger partial charge >= 0.3 is 0 Å². The standard InChI is InChI=1S/C25H23NO2.ClH/c1-25(14-27,15-28)26-13-18-12-11-17-7-3-9-20-19-8-2-5-16-6-4-10-21(22(16)19)24(18)23(17)20;/h2-12,26-28H,13-15H2,1H3;1H. The highest BCUT2D eigenvalue weighted by Crippen LogP contribution is 2.41. The maximum absolute atomic E-state index is 9.65. The Hall–Kier alpha value is -2.43. The van der Waals surface area contributed by atoms with E-state index in [0.717, 1.165) is 0 Å². The first kappa shape index (κ1) is 19.9. The summed E-state index contributed by atoms with van der Waals surface area (Å²) in [5, 5.41) is 32.8. The molecule has 0 radical (unpaired) electrons. The van der Waals surface area contributed by atoms with E-state index in [9.17, 15) is 10.2 Å². The van der Waals surface area contributed by atoms with Crippen LogP contribution >= 0.6 is 12.4 Å². The number of fused-ring (bicyclic) bond motifs is 2. The molecule has 0 aromatic heterocycles. The number of hydrogen-bond acceptors (Lipinski definition) is 3. The molecule has 3 nitrogen and oxygen atoms in total. The van der Waals surface area contributed by atoms with Gasteiger partial charge in [-0.25, -0.2) is 0 Å². The summed E-state index contributed by atoms with van der Waals surface area (Å²) in [6.07, 6.45) is 0. The fraction of sp³-hybridized carbons (Fsp3) is 0.200. The highest BCUT2D eigenvalue weighted by atomic mass is 35.5. The summed E-state index contributed by atoms with van der Waals surface area (Å²) in [7, 11) is 0. The van der Waals surface area contributed by atoms with Crippen LogP contribution in [-0.4, -0.2) is 29.0 Å². The van der Waals surface area contributed by atoms with Gasteiger partial charge in [-0.3, -0.25) is 0 Å². The van der Waals surface area contributed by atoms with Gasteiger partial charge in [-0.05, 0) is 55.6 Å². The number of hydrogen-bond donors (Lipinski definition) is 3. The molecule has 0 aliphatic rings. The Bertz CT molecular complexity index is 1310. The summed E-state index contributed by atoms with van der Waals surface area (Å²) in [4.78, 5) is 0. The molecular weight excluding hydrogens is 382 g/mol. The van der Waals surface area contributed by atoms with Gasteiger partial charge in [0.25, 0.3) is 0 Å². The van der Waals surface area contributed by atoms with Gasteiger partial charge in [0.05, 0.1) is 18.8 Å². The molecule has 0 heterocycles. The quantitative estimate of drug-likeness (QED) is 0.285. The molecule has 0 saturated carbocycles. The Morgan fingerprint density at radius 1 is 0.690 bits per heavy atom. The van der Waals surface area contributed by atoms with E-state index >= 15 is 0 Å². The molecule has 148 valence electrons. The molecule has 5 aromatic carbocycles. The fourth-order valence-electron chi connectivity index (χ4n) is 4.35. The summed E-state index contributed by atoms with van der Waals surface area (Å²) >= 11 is 0. The lowest BCUT2D eigenvalue weighted by Gasteiger charge is -2.27. The van der Waals surface area contributed by atoms with Crippen LogP contribution in [-0.2, 0) is 6.54 Å². The van der Waals surface area contributed by atoms with Gasteiger partial charge in [-0.1, -0.05) is 66.7 Å². The van der Waals surface area contributed by atoms with Crippen molar-refractivity contribution in [3.63, 3.8) is 0 Å². The van der Waals surface area contributed by atoms with Gasteiger partial charge in [0.2, 0.25) is 0 Å². The number of aliphatic hydroxyl groups is 2. The van der Waals surface area contributed by atoms with E-state index in [1.165, 1.54) is 48.7 Å². The summed E-state index contributed by atoms with van der Waals surface area (Å²) in [6, 6.07) is 23.8. The third-order valence-electron chi connectivity index (χ3n) is 6.00. The first-order valence-corrected chi connectivity index (χ1v) is 9.69. The molecule has 3 N–H and O–H groups in total. The molecule has 0 fully saturated rings. The minimum Gasteiger partial charge on any atom is -0.394 e. The monoisotopic (exact) mass is 405 g/mol. The predicted octanol–water partition coefficient (Wildman–Crippen LogP) is 4.99. The largest absolute Gasteiger partial charge is 0.394 e. The number of rotatable bonds is 5. The lowest BCUT2D eigenvalue weighted by molar-refractivity contribution is 0.103. The van der Waals surface area contributed by atoms with E-state index < -0.39 is 5.54 Å². The first-order chi connectivity index (χ1) is 13.6. The zero-order valence-electron chi connectivity index (χ0n) is 16.3. The van der Waals surface area contributed by atoms with Crippen molar-refractivity contribution in [1.29, 1.82) is 0 Å². The van der Waals surface area contributed by atoms with E-state index in [2.05, 4.69) is 72.0 Å². The van der Waals surface area contributed by atoms with Crippen molar-refractivity contribution in [1.82, 2.24) is 5.32 Å². The third kappa shape index (κ3) is 3.02. The Kier molecular flexibility index (Phi) is 5.09. The highest BCUT2D eigenvalue weighted by Gasteiger charge is 2.22. The van der Waals surface area contributed by atoms with Crippen molar-refractivity contribution in [2.45, 2.75) is 19.0 Å². The van der Waals surface area contributed by atoms with Crippen LogP contribution in [0.4, 0.5) is 0 Å². The molecular formula is C25H24ClNO2. The SMILES string of the molecule is CC(CO)(CO)NCc1ccc2cccc3c4cccc5cccc(c1c23)c54.Cl. The minimum absolute atomic E-state index is 0. The number of aliphatic hydroxyl groups excluding tert-OH is 2. The second-order valence-corrected chi connectivity index (χ2v) is 7.94. The zero-order valence-corrected chi connectivity index (χ0v) is 17.1. The van der Waals surface area contributed by atoms with Crippen LogP contribution < -0.4 is 5.32 Å². The van der Waals surface area contributed by atoms with Gasteiger partial charge < -0.3 is 15.5 Å². The van der Waals surface area contributed by atoms with E-state index in [-0.39, 0.29) is 25.6 Å². The van der Waals surface area contributed by atoms with Crippen LogP contribution in [0.5, 0.6) is 0 Å². The number of halogens is 1. The lowest BCUT2D eigenvalue weighted by atomic mass is 9.87. The van der Waals surface area contributed by atoms with Crippen molar-refractivity contribution < 1.29 is 10.2 Å². The molecule has 0 bridgehead atoms. The molecule has 0 aliphatic heterocycles. The minimum atomic E-state index is -0.709. The summed E-state index contributed by atoms with van der Waals surface area (Å²) in [5.74, 6) is 0. The topological polar surface area (TPSA) is 52.5 Å². The second kappa shape index (κ2) is 7.43. The Morgan fingerprint density at radius 3 is 1.86 bits per heavy atom. The molecule has 0 unspecified atom stereocenters. The summed E-state index contributed by atoms with van der Waals surface area (Å²) in [5.41, 5.74) is 0.467. The van der Waals surface area contributed by atoms with E-state index in [1.807, 2.05) is 6.92 Å². The van der Waals surface area contributed by atoms with Crippen molar-refractivity contribution in [3.8, 4) is 0 Å². The van der Waals surface area contributed by atoms with Crippen LogP contribution in [0, 0.1) is 0 Å². The van der Waals surface area contributed by atoms with Crippen molar-refractivity contribution in [2.24, 2.45) is 0 Å². The fourth-order valence-corrected chi connectivity index (χ4v) is 4.35. The Morgan fingerprint density at radius 2 is 1.24 bits per heavy atom. The van der Waals surface area contributed by atoms with Gasteiger partial charge in [0.1, 0.15) is 0 Å². The van der Waals surface area contributed by atoms with Crippen LogP contribution in [0.3, 0.4) is 0 Å². The van der Waals surface area contributed by atoms with E-state index in [4.69, 9.17) is 0 Å². The van der Waals surface area contributed by atoms with Crippen molar-refractivity contribution in [3.05, 3.63) is 72.3 Å². The maximum Gasteiger partial charge on any atom is 0.0633 e. The Labute approximate surface area is 175 Å². The Balaban J connectivity index is 0.00000205. The number of benzene rings is 5. The maximum atomic E-state index is 9.65. The van der Waals surface area contributed by atoms with Crippen molar-refractivity contribution in [2.75, 3.05) is 13.2 Å². The smallest absolute Gasteiger partial charge is 0.0633 e. The normalized spacial score (nSPS) is 12.2. The first-order valence-electron chi connectivity index (χ1n) is 9.69. The molecule has 0 amide bonds. The molecule has 5 rings (SSSR count). The average molecular weight is 406 g/mol. The molecule has 4 heteroatoms. The van der Waals surface area contributed by atoms with Crippen LogP contribution in [0.25, 0.3) is 43.1 Å². The zero-order chi connectivity index (χ0) is 19.3. The van der Waals surface area contributed by atoms with Crippen LogP contribution in [0.2, 0.25) is 0 Å². The molecule has 29 heavy (non-hydrogen) atoms. The summed E-state index contributed by atoms with van der Waals surface area (Å²) < 4.78 is 0. The molecule has 0 aliphatic carbocycles. The number of nitrogens with one attached hydrogen (secondary N) is 1. The average Bonchev–Trinajstić information content (AvgIpc) is 2.75. The van der Waals surface area contributed by atoms with Gasteiger partial charge in [-0.2, -0.15) is 0 Å². The molecule has 0 saturated heterocycles. The molecule has 0 spiro atoms. The highest BCUT2D eigenvalue weighted by molar-refractivity contribution is 6.33. The molecule has 0 atom stereocenters. The van der Waals surface area contributed by atoms with E-state index in [0.29, 0.717) is 6.54 Å². The van der Waals surface area contributed by atoms with Gasteiger partial charge in [-0.15, -0.1) is 12.4 Å². The van der Waals surface area contributed by atoms with E-state index in [1.54, 1.807) is 0 Å². The second-order valence-electron chi connectivity index (χ2n) is 7.94.